The summed E-state index contributed by atoms with van der Waals surface area (Å²) in [5, 5.41) is 5.64. The Morgan fingerprint density at radius 3 is 2.62 bits per heavy atom. The van der Waals surface area contributed by atoms with Crippen LogP contribution in [-0.4, -0.2) is 46.8 Å². The Labute approximate surface area is 157 Å². The van der Waals surface area contributed by atoms with Crippen LogP contribution in [0.1, 0.15) is 43.0 Å². The van der Waals surface area contributed by atoms with Crippen molar-refractivity contribution < 1.29 is 4.79 Å². The monoisotopic (exact) mass is 368 g/mol. The molecular formula is C20H24N4OS. The van der Waals surface area contributed by atoms with Gasteiger partial charge in [0.1, 0.15) is 17.0 Å². The first-order valence-electron chi connectivity index (χ1n) is 9.14. The van der Waals surface area contributed by atoms with Gasteiger partial charge in [-0.1, -0.05) is 12.1 Å². The molecule has 0 unspecified atom stereocenters. The molecule has 1 N–H and O–H groups in total. The number of thiophene rings is 1. The number of rotatable bonds is 4. The maximum atomic E-state index is 12.1. The lowest BCUT2D eigenvalue weighted by Crippen LogP contribution is -2.36. The second-order valence-corrected chi connectivity index (χ2v) is 8.38. The Morgan fingerprint density at radius 2 is 1.92 bits per heavy atom. The van der Waals surface area contributed by atoms with Gasteiger partial charge in [0.2, 0.25) is 0 Å². The molecule has 4 rings (SSSR count). The third-order valence-electron chi connectivity index (χ3n) is 5.44. The van der Waals surface area contributed by atoms with Gasteiger partial charge in [-0.3, -0.25) is 4.79 Å². The number of aromatic nitrogens is 2. The fourth-order valence-corrected chi connectivity index (χ4v) is 5.05. The molecule has 0 radical (unpaired) electrons. The second-order valence-electron chi connectivity index (χ2n) is 7.35. The largest absolute Gasteiger partial charge is 0.367 e. The van der Waals surface area contributed by atoms with Gasteiger partial charge < -0.3 is 10.2 Å². The van der Waals surface area contributed by atoms with Crippen molar-refractivity contribution in [1.29, 1.82) is 0 Å². The van der Waals surface area contributed by atoms with Crippen LogP contribution in [0.5, 0.6) is 0 Å². The van der Waals surface area contributed by atoms with Gasteiger partial charge in [0.25, 0.3) is 0 Å². The third kappa shape index (κ3) is 3.08. The van der Waals surface area contributed by atoms with E-state index in [0.717, 1.165) is 44.5 Å². The number of fused-ring (bicyclic) bond motifs is 3. The standard InChI is InChI=1S/C20H24N4OS/c1-12(25)15-5-4-6-16-17(15)18-19(21-11-22-20(18)26-16)23-13-7-9-14(10-8-13)24(2)3/h4-6,11,13-14H,7-10H2,1-3H3,(H,21,22,23)/t13-,14-. The van der Waals surface area contributed by atoms with Crippen LogP contribution in [0, 0.1) is 0 Å². The van der Waals surface area contributed by atoms with E-state index in [9.17, 15) is 4.79 Å². The molecule has 1 aliphatic carbocycles. The molecule has 0 amide bonds. The van der Waals surface area contributed by atoms with Crippen LogP contribution in [0.3, 0.4) is 0 Å². The highest BCUT2D eigenvalue weighted by Crippen LogP contribution is 2.38. The highest BCUT2D eigenvalue weighted by molar-refractivity contribution is 7.25. The van der Waals surface area contributed by atoms with E-state index >= 15 is 0 Å². The van der Waals surface area contributed by atoms with Gasteiger partial charge in [-0.25, -0.2) is 9.97 Å². The number of anilines is 1. The van der Waals surface area contributed by atoms with Crippen LogP contribution in [0.15, 0.2) is 24.5 Å². The fraction of sp³-hybridized carbons (Fsp3) is 0.450. The summed E-state index contributed by atoms with van der Waals surface area (Å²) in [6.07, 6.45) is 6.29. The summed E-state index contributed by atoms with van der Waals surface area (Å²) in [4.78, 5) is 24.4. The van der Waals surface area contributed by atoms with E-state index in [0.29, 0.717) is 12.1 Å². The summed E-state index contributed by atoms with van der Waals surface area (Å²) in [7, 11) is 4.32. The molecule has 5 nitrogen and oxygen atoms in total. The predicted molar refractivity (Wildman–Crippen MR) is 108 cm³/mol. The third-order valence-corrected chi connectivity index (χ3v) is 6.51. The zero-order chi connectivity index (χ0) is 18.3. The minimum Gasteiger partial charge on any atom is -0.367 e. The number of benzene rings is 1. The molecule has 2 heterocycles. The van der Waals surface area contributed by atoms with Gasteiger partial charge >= 0.3 is 0 Å². The van der Waals surface area contributed by atoms with Crippen LogP contribution < -0.4 is 5.32 Å². The first kappa shape index (κ1) is 17.4. The molecule has 1 fully saturated rings. The van der Waals surface area contributed by atoms with E-state index in [1.165, 1.54) is 12.8 Å². The number of ketones is 1. The zero-order valence-electron chi connectivity index (χ0n) is 15.5. The molecule has 0 aliphatic heterocycles. The van der Waals surface area contributed by atoms with Gasteiger partial charge in [-0.05, 0) is 52.8 Å². The number of hydrogen-bond acceptors (Lipinski definition) is 6. The van der Waals surface area contributed by atoms with Crippen LogP contribution in [-0.2, 0) is 0 Å². The number of nitrogens with one attached hydrogen (secondary N) is 1. The highest BCUT2D eigenvalue weighted by Gasteiger charge is 2.24. The van der Waals surface area contributed by atoms with E-state index in [1.54, 1.807) is 24.6 Å². The first-order chi connectivity index (χ1) is 12.5. The summed E-state index contributed by atoms with van der Waals surface area (Å²) in [5.41, 5.74) is 0.753. The summed E-state index contributed by atoms with van der Waals surface area (Å²) in [6.45, 7) is 1.62. The van der Waals surface area contributed by atoms with E-state index in [1.807, 2.05) is 12.1 Å². The van der Waals surface area contributed by atoms with Crippen LogP contribution in [0.2, 0.25) is 0 Å². The molecule has 1 aliphatic rings. The Hall–Kier alpha value is -2.05. The Kier molecular flexibility index (Phi) is 4.63. The van der Waals surface area contributed by atoms with Crippen molar-refractivity contribution in [3.05, 3.63) is 30.1 Å². The Balaban J connectivity index is 1.72. The van der Waals surface area contributed by atoms with Crippen LogP contribution in [0.4, 0.5) is 5.82 Å². The number of carbonyl (C=O) groups excluding carboxylic acids is 1. The Morgan fingerprint density at radius 1 is 1.15 bits per heavy atom. The fourth-order valence-electron chi connectivity index (χ4n) is 3.98. The second kappa shape index (κ2) is 6.93. The number of hydrogen-bond donors (Lipinski definition) is 1. The average molecular weight is 369 g/mol. The molecule has 1 saturated carbocycles. The van der Waals surface area contributed by atoms with E-state index in [4.69, 9.17) is 0 Å². The van der Waals surface area contributed by atoms with Crippen molar-refractivity contribution >= 4 is 43.2 Å². The van der Waals surface area contributed by atoms with Crippen LogP contribution >= 0.6 is 11.3 Å². The van der Waals surface area contributed by atoms with Gasteiger partial charge in [-0.15, -0.1) is 11.3 Å². The number of Topliss-reactive ketones (excluding diaryl/α,β-unsaturated/α-hetero) is 1. The molecule has 0 bridgehead atoms. The average Bonchev–Trinajstić information content (AvgIpc) is 3.01. The summed E-state index contributed by atoms with van der Waals surface area (Å²) in [6, 6.07) is 6.99. The number of carbonyl (C=O) groups is 1. The normalized spacial score (nSPS) is 20.8. The van der Waals surface area contributed by atoms with Crippen molar-refractivity contribution in [3.63, 3.8) is 0 Å². The number of nitrogens with zero attached hydrogens (tertiary/aromatic N) is 3. The molecule has 136 valence electrons. The van der Waals surface area contributed by atoms with Crippen LogP contribution in [0.25, 0.3) is 20.3 Å². The molecule has 1 aromatic carbocycles. The quantitative estimate of drug-likeness (QED) is 0.695. The zero-order valence-corrected chi connectivity index (χ0v) is 16.3. The van der Waals surface area contributed by atoms with Gasteiger partial charge in [0.15, 0.2) is 5.78 Å². The molecular weight excluding hydrogens is 344 g/mol. The van der Waals surface area contributed by atoms with Gasteiger partial charge in [0, 0.05) is 27.7 Å². The lowest BCUT2D eigenvalue weighted by atomic mass is 9.90. The topological polar surface area (TPSA) is 58.1 Å². The van der Waals surface area contributed by atoms with Crippen molar-refractivity contribution in [2.75, 3.05) is 19.4 Å². The first-order valence-corrected chi connectivity index (χ1v) is 9.96. The van der Waals surface area contributed by atoms with Crippen molar-refractivity contribution in [2.24, 2.45) is 0 Å². The molecule has 6 heteroatoms. The van der Waals surface area contributed by atoms with E-state index in [-0.39, 0.29) is 5.78 Å². The maximum Gasteiger partial charge on any atom is 0.160 e. The predicted octanol–water partition coefficient (Wildman–Crippen LogP) is 4.33. The molecule has 26 heavy (non-hydrogen) atoms. The minimum absolute atomic E-state index is 0.0802. The molecule has 0 spiro atoms. The summed E-state index contributed by atoms with van der Waals surface area (Å²) in [5.74, 6) is 0.944. The van der Waals surface area contributed by atoms with E-state index < -0.39 is 0 Å². The van der Waals surface area contributed by atoms with Crippen molar-refractivity contribution in [3.8, 4) is 0 Å². The van der Waals surface area contributed by atoms with Crippen molar-refractivity contribution in [2.45, 2.75) is 44.7 Å². The van der Waals surface area contributed by atoms with E-state index in [2.05, 4.69) is 40.3 Å². The van der Waals surface area contributed by atoms with Gasteiger partial charge in [0.05, 0.1) is 5.39 Å². The van der Waals surface area contributed by atoms with Crippen molar-refractivity contribution in [1.82, 2.24) is 14.9 Å². The lowest BCUT2D eigenvalue weighted by molar-refractivity contribution is 0.101. The summed E-state index contributed by atoms with van der Waals surface area (Å²) >= 11 is 1.62. The Bertz CT molecular complexity index is 957. The minimum atomic E-state index is 0.0802. The molecule has 3 aromatic rings. The molecule has 0 saturated heterocycles. The SMILES string of the molecule is CC(=O)c1cccc2sc3ncnc(N[C@H]4CC[C@H](N(C)C)CC4)c3c12. The molecule has 0 atom stereocenters. The molecule has 2 aromatic heterocycles. The maximum absolute atomic E-state index is 12.1. The highest BCUT2D eigenvalue weighted by atomic mass is 32.1. The summed E-state index contributed by atoms with van der Waals surface area (Å²) < 4.78 is 1.09. The lowest BCUT2D eigenvalue weighted by Gasteiger charge is -2.33. The van der Waals surface area contributed by atoms with Gasteiger partial charge in [-0.2, -0.15) is 0 Å². The smallest absolute Gasteiger partial charge is 0.160 e.